The van der Waals surface area contributed by atoms with Crippen molar-refractivity contribution >= 4 is 11.8 Å². The van der Waals surface area contributed by atoms with E-state index in [1.807, 2.05) is 0 Å². The molecular weight excluding hydrogens is 249 g/mol. The molecule has 0 aromatic carbocycles. The van der Waals surface area contributed by atoms with Crippen LogP contribution in [0.15, 0.2) is 0 Å². The van der Waals surface area contributed by atoms with Crippen LogP contribution < -0.4 is 10.6 Å². The molecule has 1 aliphatic heterocycles. The Morgan fingerprint density at radius 1 is 1.39 bits per heavy atom. The summed E-state index contributed by atoms with van der Waals surface area (Å²) in [5, 5.41) is 5.18. The molecule has 0 aromatic heterocycles. The Morgan fingerprint density at radius 2 is 2.11 bits per heavy atom. The van der Waals surface area contributed by atoms with Crippen LogP contribution in [0.1, 0.15) is 32.1 Å². The van der Waals surface area contributed by atoms with Gasteiger partial charge >= 0.3 is 6.18 Å². The van der Waals surface area contributed by atoms with Crippen LogP contribution in [0.3, 0.4) is 0 Å². The van der Waals surface area contributed by atoms with E-state index in [0.29, 0.717) is 25.8 Å². The first kappa shape index (κ1) is 14.8. The number of rotatable bonds is 5. The molecule has 1 saturated heterocycles. The number of unbranched alkanes of at least 4 members (excludes halogenated alkanes) is 1. The van der Waals surface area contributed by atoms with E-state index < -0.39 is 12.6 Å². The monoisotopic (exact) mass is 266 g/mol. The molecule has 1 rings (SSSR count). The van der Waals surface area contributed by atoms with Crippen LogP contribution >= 0.6 is 0 Å². The van der Waals surface area contributed by atoms with Gasteiger partial charge in [-0.05, 0) is 19.3 Å². The Kier molecular flexibility index (Phi) is 5.43. The molecular formula is C11H17F3N2O2. The van der Waals surface area contributed by atoms with Gasteiger partial charge < -0.3 is 10.6 Å². The molecule has 0 saturated carbocycles. The lowest BCUT2D eigenvalue weighted by Crippen LogP contribution is -2.43. The number of nitrogens with one attached hydrogen (secondary N) is 2. The van der Waals surface area contributed by atoms with Crippen molar-refractivity contribution < 1.29 is 22.8 Å². The number of amides is 2. The molecule has 4 nitrogen and oxygen atoms in total. The van der Waals surface area contributed by atoms with E-state index >= 15 is 0 Å². The average molecular weight is 266 g/mol. The fraction of sp³-hybridized carbons (Fsp3) is 0.818. The van der Waals surface area contributed by atoms with Crippen LogP contribution in [0.2, 0.25) is 0 Å². The zero-order chi connectivity index (χ0) is 13.6. The van der Waals surface area contributed by atoms with Gasteiger partial charge in [0.05, 0.1) is 5.92 Å². The van der Waals surface area contributed by atoms with E-state index in [2.05, 4.69) is 10.6 Å². The fourth-order valence-corrected chi connectivity index (χ4v) is 1.76. The molecule has 2 amide bonds. The predicted molar refractivity (Wildman–Crippen MR) is 58.6 cm³/mol. The zero-order valence-electron chi connectivity index (χ0n) is 9.98. The normalized spacial score (nSPS) is 20.4. The minimum atomic E-state index is -4.13. The standard InChI is InChI=1S/C11H17F3N2O2/c12-11(13,14)5-1-2-6-15-10(18)8-3-4-9(17)16-7-8/h8H,1-7H2,(H,15,18)(H,16,17). The number of alkyl halides is 3. The summed E-state index contributed by atoms with van der Waals surface area (Å²) in [6, 6.07) is 0. The highest BCUT2D eigenvalue weighted by Crippen LogP contribution is 2.21. The average Bonchev–Trinajstić information content (AvgIpc) is 2.27. The molecule has 0 aliphatic carbocycles. The third kappa shape index (κ3) is 5.88. The lowest BCUT2D eigenvalue weighted by molar-refractivity contribution is -0.135. The maximum atomic E-state index is 11.8. The molecule has 0 aromatic rings. The first-order valence-electron chi connectivity index (χ1n) is 5.99. The number of hydrogen-bond acceptors (Lipinski definition) is 2. The summed E-state index contributed by atoms with van der Waals surface area (Å²) >= 11 is 0. The Bertz CT molecular complexity index is 295. The highest BCUT2D eigenvalue weighted by atomic mass is 19.4. The molecule has 0 bridgehead atoms. The molecule has 1 fully saturated rings. The minimum Gasteiger partial charge on any atom is -0.356 e. The molecule has 0 spiro atoms. The maximum absolute atomic E-state index is 11.8. The van der Waals surface area contributed by atoms with E-state index in [4.69, 9.17) is 0 Å². The van der Waals surface area contributed by atoms with Gasteiger partial charge in [0.1, 0.15) is 0 Å². The fourth-order valence-electron chi connectivity index (χ4n) is 1.76. The van der Waals surface area contributed by atoms with Crippen molar-refractivity contribution in [2.75, 3.05) is 13.1 Å². The van der Waals surface area contributed by atoms with E-state index in [-0.39, 0.29) is 30.7 Å². The first-order chi connectivity index (χ1) is 8.38. The Hall–Kier alpha value is -1.27. The van der Waals surface area contributed by atoms with E-state index in [0.717, 1.165) is 0 Å². The van der Waals surface area contributed by atoms with Crippen molar-refractivity contribution in [3.05, 3.63) is 0 Å². The van der Waals surface area contributed by atoms with Crippen LogP contribution in [-0.4, -0.2) is 31.1 Å². The SMILES string of the molecule is O=C1CCC(C(=O)NCCCCC(F)(F)F)CN1. The van der Waals surface area contributed by atoms with Gasteiger partial charge in [-0.3, -0.25) is 9.59 Å². The molecule has 0 radical (unpaired) electrons. The second kappa shape index (κ2) is 6.61. The van der Waals surface area contributed by atoms with Gasteiger partial charge in [-0.25, -0.2) is 0 Å². The number of carbonyl (C=O) groups is 2. The van der Waals surface area contributed by atoms with Gasteiger partial charge in [-0.2, -0.15) is 13.2 Å². The van der Waals surface area contributed by atoms with Crippen molar-refractivity contribution in [1.29, 1.82) is 0 Å². The van der Waals surface area contributed by atoms with Gasteiger partial charge in [0.15, 0.2) is 0 Å². The number of piperidine rings is 1. The smallest absolute Gasteiger partial charge is 0.356 e. The van der Waals surface area contributed by atoms with Crippen LogP contribution in [0.25, 0.3) is 0 Å². The Morgan fingerprint density at radius 3 is 2.67 bits per heavy atom. The van der Waals surface area contributed by atoms with Crippen LogP contribution in [0.5, 0.6) is 0 Å². The maximum Gasteiger partial charge on any atom is 0.389 e. The van der Waals surface area contributed by atoms with Gasteiger partial charge in [-0.1, -0.05) is 0 Å². The van der Waals surface area contributed by atoms with Crippen molar-refractivity contribution in [3.8, 4) is 0 Å². The second-order valence-corrected chi connectivity index (χ2v) is 4.40. The van der Waals surface area contributed by atoms with E-state index in [1.54, 1.807) is 0 Å². The number of halogens is 3. The van der Waals surface area contributed by atoms with Crippen molar-refractivity contribution in [2.24, 2.45) is 5.92 Å². The van der Waals surface area contributed by atoms with Crippen LogP contribution in [0, 0.1) is 5.92 Å². The van der Waals surface area contributed by atoms with Crippen molar-refractivity contribution in [3.63, 3.8) is 0 Å². The molecule has 7 heteroatoms. The van der Waals surface area contributed by atoms with Crippen LogP contribution in [0.4, 0.5) is 13.2 Å². The summed E-state index contributed by atoms with van der Waals surface area (Å²) in [4.78, 5) is 22.5. The lowest BCUT2D eigenvalue weighted by Gasteiger charge is -2.21. The number of carbonyl (C=O) groups excluding carboxylic acids is 2. The quantitative estimate of drug-likeness (QED) is 0.738. The molecule has 1 aliphatic rings. The summed E-state index contributed by atoms with van der Waals surface area (Å²) < 4.78 is 35.5. The van der Waals surface area contributed by atoms with Crippen molar-refractivity contribution in [2.45, 2.75) is 38.3 Å². The summed E-state index contributed by atoms with van der Waals surface area (Å²) in [6.45, 7) is 0.562. The van der Waals surface area contributed by atoms with E-state index in [9.17, 15) is 22.8 Å². The van der Waals surface area contributed by atoms with Gasteiger partial charge in [0, 0.05) is 25.9 Å². The largest absolute Gasteiger partial charge is 0.389 e. The van der Waals surface area contributed by atoms with Gasteiger partial charge in [-0.15, -0.1) is 0 Å². The summed E-state index contributed by atoms with van der Waals surface area (Å²) in [6.07, 6.45) is -3.79. The molecule has 104 valence electrons. The third-order valence-corrected chi connectivity index (χ3v) is 2.82. The topological polar surface area (TPSA) is 58.2 Å². The lowest BCUT2D eigenvalue weighted by atomic mass is 9.98. The first-order valence-corrected chi connectivity index (χ1v) is 5.99. The summed E-state index contributed by atoms with van der Waals surface area (Å²) in [5.74, 6) is -0.517. The molecule has 1 heterocycles. The predicted octanol–water partition coefficient (Wildman–Crippen LogP) is 1.36. The Labute approximate surface area is 103 Å². The summed E-state index contributed by atoms with van der Waals surface area (Å²) in [5.41, 5.74) is 0. The second-order valence-electron chi connectivity index (χ2n) is 4.40. The molecule has 2 N–H and O–H groups in total. The molecule has 18 heavy (non-hydrogen) atoms. The van der Waals surface area contributed by atoms with Crippen LogP contribution in [-0.2, 0) is 9.59 Å². The highest BCUT2D eigenvalue weighted by Gasteiger charge is 2.26. The molecule has 1 atom stereocenters. The van der Waals surface area contributed by atoms with Gasteiger partial charge in [0.2, 0.25) is 11.8 Å². The van der Waals surface area contributed by atoms with Gasteiger partial charge in [0.25, 0.3) is 0 Å². The van der Waals surface area contributed by atoms with E-state index in [1.165, 1.54) is 0 Å². The zero-order valence-corrected chi connectivity index (χ0v) is 9.98. The Balaban J connectivity index is 2.08. The number of hydrogen-bond donors (Lipinski definition) is 2. The highest BCUT2D eigenvalue weighted by molar-refractivity contribution is 5.83. The molecule has 1 unspecified atom stereocenters. The third-order valence-electron chi connectivity index (χ3n) is 2.82. The van der Waals surface area contributed by atoms with Crippen molar-refractivity contribution in [1.82, 2.24) is 10.6 Å². The minimum absolute atomic E-state index is 0.0190. The summed E-state index contributed by atoms with van der Waals surface area (Å²) in [7, 11) is 0.